The SMILES string of the molecule is CC1C(=O)NCCN1CCC(c1ccc(Cl)c(Cl)c1)N1CCC2(CC2)[C@H](O)C1. The van der Waals surface area contributed by atoms with Gasteiger partial charge in [0.1, 0.15) is 0 Å². The summed E-state index contributed by atoms with van der Waals surface area (Å²) in [6.07, 6.45) is 3.98. The first-order valence-electron chi connectivity index (χ1n) is 10.3. The van der Waals surface area contributed by atoms with Crippen molar-refractivity contribution in [2.75, 3.05) is 32.7 Å². The van der Waals surface area contributed by atoms with Crippen LogP contribution in [0.3, 0.4) is 0 Å². The van der Waals surface area contributed by atoms with E-state index in [0.29, 0.717) is 23.1 Å². The number of β-amino-alcohol motifs (C(OH)–C–C–N with tert-alkyl or cyclic N) is 1. The van der Waals surface area contributed by atoms with Gasteiger partial charge in [-0.05, 0) is 62.3 Å². The van der Waals surface area contributed by atoms with Crippen LogP contribution in [0.5, 0.6) is 0 Å². The van der Waals surface area contributed by atoms with Crippen molar-refractivity contribution in [3.63, 3.8) is 0 Å². The van der Waals surface area contributed by atoms with Crippen LogP contribution >= 0.6 is 23.2 Å². The molecular weight excluding hydrogens is 397 g/mol. The summed E-state index contributed by atoms with van der Waals surface area (Å²) in [6, 6.07) is 5.89. The van der Waals surface area contributed by atoms with Gasteiger partial charge in [0.25, 0.3) is 0 Å². The fourth-order valence-corrected chi connectivity index (χ4v) is 5.08. The fourth-order valence-electron chi connectivity index (χ4n) is 4.77. The van der Waals surface area contributed by atoms with Crippen LogP contribution in [-0.4, -0.2) is 65.7 Å². The first kappa shape index (κ1) is 20.4. The van der Waals surface area contributed by atoms with Crippen molar-refractivity contribution >= 4 is 29.1 Å². The van der Waals surface area contributed by atoms with E-state index in [4.69, 9.17) is 23.2 Å². The second-order valence-corrected chi connectivity index (χ2v) is 9.42. The molecule has 0 radical (unpaired) electrons. The molecule has 2 N–H and O–H groups in total. The number of carbonyl (C=O) groups is 1. The van der Waals surface area contributed by atoms with E-state index in [-0.39, 0.29) is 29.5 Å². The molecule has 3 aliphatic rings. The minimum Gasteiger partial charge on any atom is -0.391 e. The molecule has 1 amide bonds. The Hall–Kier alpha value is -0.850. The maximum Gasteiger partial charge on any atom is 0.237 e. The summed E-state index contributed by atoms with van der Waals surface area (Å²) in [5.41, 5.74) is 1.31. The van der Waals surface area contributed by atoms with Crippen molar-refractivity contribution in [2.24, 2.45) is 5.41 Å². The summed E-state index contributed by atoms with van der Waals surface area (Å²) in [7, 11) is 0. The Balaban J connectivity index is 1.51. The standard InChI is InChI=1S/C21H29Cl2N3O2/c1-14-20(28)24-8-11-25(14)9-4-18(15-2-3-16(22)17(23)12-15)26-10-7-21(5-6-21)19(27)13-26/h2-3,12,14,18-19,27H,4-11,13H2,1H3,(H,24,28)/t14?,18?,19-/m1/s1. The lowest BCUT2D eigenvalue weighted by atomic mass is 9.88. The molecule has 1 spiro atoms. The van der Waals surface area contributed by atoms with Crippen molar-refractivity contribution in [2.45, 2.75) is 50.8 Å². The second kappa shape index (κ2) is 8.11. The maximum absolute atomic E-state index is 12.0. The average molecular weight is 426 g/mol. The quantitative estimate of drug-likeness (QED) is 0.760. The molecular formula is C21H29Cl2N3O2. The minimum absolute atomic E-state index is 0.0985. The molecule has 3 atom stereocenters. The molecule has 7 heteroatoms. The van der Waals surface area contributed by atoms with Gasteiger partial charge in [0.05, 0.1) is 22.2 Å². The maximum atomic E-state index is 12.0. The number of likely N-dealkylation sites (tertiary alicyclic amines) is 1. The first-order chi connectivity index (χ1) is 13.4. The number of amides is 1. The molecule has 1 aliphatic carbocycles. The van der Waals surface area contributed by atoms with E-state index in [1.165, 1.54) is 0 Å². The largest absolute Gasteiger partial charge is 0.391 e. The van der Waals surface area contributed by atoms with Crippen LogP contribution in [0.1, 0.15) is 44.2 Å². The van der Waals surface area contributed by atoms with Crippen LogP contribution in [0.25, 0.3) is 0 Å². The number of aliphatic hydroxyl groups is 1. The summed E-state index contributed by atoms with van der Waals surface area (Å²) in [5, 5.41) is 14.7. The molecule has 2 aliphatic heterocycles. The molecule has 3 fully saturated rings. The van der Waals surface area contributed by atoms with Gasteiger partial charge in [-0.1, -0.05) is 29.3 Å². The van der Waals surface area contributed by atoms with E-state index in [9.17, 15) is 9.90 Å². The number of hydrogen-bond acceptors (Lipinski definition) is 4. The molecule has 4 rings (SSSR count). The van der Waals surface area contributed by atoms with Crippen LogP contribution in [0.15, 0.2) is 18.2 Å². The highest BCUT2D eigenvalue weighted by Crippen LogP contribution is 2.54. The van der Waals surface area contributed by atoms with Crippen molar-refractivity contribution in [1.29, 1.82) is 0 Å². The number of aliphatic hydroxyl groups excluding tert-OH is 1. The smallest absolute Gasteiger partial charge is 0.237 e. The summed E-state index contributed by atoms with van der Waals surface area (Å²) in [4.78, 5) is 16.6. The highest BCUT2D eigenvalue weighted by Gasteiger charge is 2.51. The molecule has 2 unspecified atom stereocenters. The van der Waals surface area contributed by atoms with Crippen LogP contribution in [0.2, 0.25) is 10.0 Å². The molecule has 28 heavy (non-hydrogen) atoms. The fraction of sp³-hybridized carbons (Fsp3) is 0.667. The lowest BCUT2D eigenvalue weighted by Gasteiger charge is -2.42. The molecule has 1 aromatic carbocycles. The van der Waals surface area contributed by atoms with Crippen LogP contribution in [0.4, 0.5) is 0 Å². The lowest BCUT2D eigenvalue weighted by Crippen LogP contribution is -2.54. The van der Waals surface area contributed by atoms with Crippen molar-refractivity contribution in [1.82, 2.24) is 15.1 Å². The number of hydrogen-bond donors (Lipinski definition) is 2. The molecule has 5 nitrogen and oxygen atoms in total. The zero-order valence-electron chi connectivity index (χ0n) is 16.3. The Labute approximate surface area is 177 Å². The van der Waals surface area contributed by atoms with Gasteiger partial charge in [0.2, 0.25) is 5.91 Å². The molecule has 0 bridgehead atoms. The third-order valence-electron chi connectivity index (χ3n) is 6.99. The number of nitrogens with zero attached hydrogens (tertiary/aromatic N) is 2. The molecule has 1 aromatic rings. The number of piperazine rings is 1. The number of benzene rings is 1. The van der Waals surface area contributed by atoms with Crippen LogP contribution in [0, 0.1) is 5.41 Å². The van der Waals surface area contributed by atoms with Gasteiger partial charge in [-0.25, -0.2) is 0 Å². The van der Waals surface area contributed by atoms with Crippen LogP contribution < -0.4 is 5.32 Å². The Morgan fingerprint density at radius 3 is 2.71 bits per heavy atom. The molecule has 1 saturated carbocycles. The van der Waals surface area contributed by atoms with Crippen LogP contribution in [-0.2, 0) is 4.79 Å². The number of carbonyl (C=O) groups excluding carboxylic acids is 1. The zero-order valence-corrected chi connectivity index (χ0v) is 17.8. The first-order valence-corrected chi connectivity index (χ1v) is 11.0. The molecule has 154 valence electrons. The number of halogens is 2. The third kappa shape index (κ3) is 4.05. The van der Waals surface area contributed by atoms with Gasteiger partial charge in [-0.2, -0.15) is 0 Å². The Kier molecular flexibility index (Phi) is 5.92. The topological polar surface area (TPSA) is 55.8 Å². The minimum atomic E-state index is -0.258. The highest BCUT2D eigenvalue weighted by atomic mass is 35.5. The molecule has 2 saturated heterocycles. The summed E-state index contributed by atoms with van der Waals surface area (Å²) in [5.74, 6) is 0.0985. The predicted molar refractivity (Wildman–Crippen MR) is 112 cm³/mol. The summed E-state index contributed by atoms with van der Waals surface area (Å²) < 4.78 is 0. The van der Waals surface area contributed by atoms with E-state index >= 15 is 0 Å². The number of piperidine rings is 1. The van der Waals surface area contributed by atoms with Gasteiger partial charge in [0, 0.05) is 32.2 Å². The van der Waals surface area contributed by atoms with Crippen molar-refractivity contribution in [3.05, 3.63) is 33.8 Å². The predicted octanol–water partition coefficient (Wildman–Crippen LogP) is 3.09. The van der Waals surface area contributed by atoms with Crippen molar-refractivity contribution in [3.8, 4) is 0 Å². The average Bonchev–Trinajstić information content (AvgIpc) is 3.45. The molecule has 2 heterocycles. The van der Waals surface area contributed by atoms with E-state index in [1.807, 2.05) is 25.1 Å². The monoisotopic (exact) mass is 425 g/mol. The van der Waals surface area contributed by atoms with Gasteiger partial charge < -0.3 is 10.4 Å². The Morgan fingerprint density at radius 1 is 1.25 bits per heavy atom. The molecule has 0 aromatic heterocycles. The van der Waals surface area contributed by atoms with Gasteiger partial charge in [-0.15, -0.1) is 0 Å². The lowest BCUT2D eigenvalue weighted by molar-refractivity contribution is -0.128. The third-order valence-corrected chi connectivity index (χ3v) is 7.73. The Bertz CT molecular complexity index is 740. The normalized spacial score (nSPS) is 28.9. The highest BCUT2D eigenvalue weighted by molar-refractivity contribution is 6.42. The van der Waals surface area contributed by atoms with Gasteiger partial charge >= 0.3 is 0 Å². The van der Waals surface area contributed by atoms with Gasteiger partial charge in [0.15, 0.2) is 0 Å². The van der Waals surface area contributed by atoms with E-state index in [0.717, 1.165) is 50.9 Å². The van der Waals surface area contributed by atoms with E-state index in [1.54, 1.807) is 0 Å². The number of nitrogens with one attached hydrogen (secondary N) is 1. The number of rotatable bonds is 5. The van der Waals surface area contributed by atoms with E-state index in [2.05, 4.69) is 15.1 Å². The zero-order chi connectivity index (χ0) is 19.9. The second-order valence-electron chi connectivity index (χ2n) is 8.60. The Morgan fingerprint density at radius 2 is 2.04 bits per heavy atom. The van der Waals surface area contributed by atoms with E-state index < -0.39 is 0 Å². The van der Waals surface area contributed by atoms with Gasteiger partial charge in [-0.3, -0.25) is 14.6 Å². The summed E-state index contributed by atoms with van der Waals surface area (Å²) >= 11 is 12.4. The van der Waals surface area contributed by atoms with Crippen molar-refractivity contribution < 1.29 is 9.90 Å². The summed E-state index contributed by atoms with van der Waals surface area (Å²) in [6.45, 7) is 6.04.